The molecule has 1 N–H and O–H groups in total. The maximum atomic E-state index is 11.1. The van der Waals surface area contributed by atoms with Crippen LogP contribution >= 0.6 is 0 Å². The van der Waals surface area contributed by atoms with Gasteiger partial charge in [-0.2, -0.15) is 0 Å². The number of hydrogen-bond donors (Lipinski definition) is 1. The SMILES string of the molecule is C=CC(C=C)=C(Cc1ccccc1)C(=O)O. The van der Waals surface area contributed by atoms with Crippen LogP contribution in [0.4, 0.5) is 0 Å². The van der Waals surface area contributed by atoms with Gasteiger partial charge in [-0.05, 0) is 11.1 Å². The van der Waals surface area contributed by atoms with Crippen molar-refractivity contribution in [3.05, 3.63) is 72.4 Å². The van der Waals surface area contributed by atoms with Crippen molar-refractivity contribution in [2.24, 2.45) is 0 Å². The highest BCUT2D eigenvalue weighted by molar-refractivity contribution is 5.89. The van der Waals surface area contributed by atoms with Crippen molar-refractivity contribution in [3.63, 3.8) is 0 Å². The molecule has 2 nitrogen and oxygen atoms in total. The van der Waals surface area contributed by atoms with Gasteiger partial charge in [0.1, 0.15) is 0 Å². The van der Waals surface area contributed by atoms with E-state index >= 15 is 0 Å². The van der Waals surface area contributed by atoms with Crippen LogP contribution in [0.25, 0.3) is 0 Å². The monoisotopic (exact) mass is 214 g/mol. The van der Waals surface area contributed by atoms with E-state index in [1.807, 2.05) is 30.3 Å². The molecule has 1 aromatic rings. The molecule has 0 aliphatic heterocycles. The lowest BCUT2D eigenvalue weighted by Crippen LogP contribution is -2.06. The minimum atomic E-state index is -0.932. The molecular weight excluding hydrogens is 200 g/mol. The van der Waals surface area contributed by atoms with Gasteiger partial charge >= 0.3 is 5.97 Å². The Bertz CT molecular complexity index is 417. The quantitative estimate of drug-likeness (QED) is 0.604. The van der Waals surface area contributed by atoms with Crippen LogP contribution in [0.3, 0.4) is 0 Å². The first-order valence-electron chi connectivity index (χ1n) is 4.94. The number of carboxylic acid groups (broad SMARTS) is 1. The summed E-state index contributed by atoms with van der Waals surface area (Å²) in [5.41, 5.74) is 1.84. The molecule has 0 unspecified atom stereocenters. The Morgan fingerprint density at radius 1 is 1.19 bits per heavy atom. The Balaban J connectivity index is 3.07. The Morgan fingerprint density at radius 3 is 2.19 bits per heavy atom. The molecule has 0 spiro atoms. The Morgan fingerprint density at radius 2 is 1.75 bits per heavy atom. The third kappa shape index (κ3) is 2.95. The molecule has 0 aliphatic rings. The molecule has 0 fully saturated rings. The van der Waals surface area contributed by atoms with Gasteiger partial charge in [0, 0.05) is 12.0 Å². The fourth-order valence-electron chi connectivity index (χ4n) is 1.43. The van der Waals surface area contributed by atoms with E-state index in [2.05, 4.69) is 13.2 Å². The highest BCUT2D eigenvalue weighted by atomic mass is 16.4. The van der Waals surface area contributed by atoms with E-state index in [1.165, 1.54) is 12.2 Å². The maximum absolute atomic E-state index is 11.1. The largest absolute Gasteiger partial charge is 0.478 e. The predicted molar refractivity (Wildman–Crippen MR) is 65.2 cm³/mol. The van der Waals surface area contributed by atoms with Crippen molar-refractivity contribution in [2.75, 3.05) is 0 Å². The van der Waals surface area contributed by atoms with E-state index in [9.17, 15) is 4.79 Å². The smallest absolute Gasteiger partial charge is 0.332 e. The van der Waals surface area contributed by atoms with Gasteiger partial charge in [0.2, 0.25) is 0 Å². The topological polar surface area (TPSA) is 37.3 Å². The van der Waals surface area contributed by atoms with Crippen LogP contribution < -0.4 is 0 Å². The lowest BCUT2D eigenvalue weighted by Gasteiger charge is -2.05. The van der Waals surface area contributed by atoms with Crippen LogP contribution in [-0.4, -0.2) is 11.1 Å². The third-order valence-electron chi connectivity index (χ3n) is 2.27. The fraction of sp³-hybridized carbons (Fsp3) is 0.0714. The molecule has 0 heterocycles. The van der Waals surface area contributed by atoms with Crippen LogP contribution in [0.15, 0.2) is 66.8 Å². The number of rotatable bonds is 5. The van der Waals surface area contributed by atoms with Gasteiger partial charge < -0.3 is 5.11 Å². The van der Waals surface area contributed by atoms with Crippen LogP contribution in [0.1, 0.15) is 5.56 Å². The second-order valence-electron chi connectivity index (χ2n) is 3.31. The summed E-state index contributed by atoms with van der Waals surface area (Å²) in [4.78, 5) is 11.1. The molecule has 2 heteroatoms. The molecule has 1 aromatic carbocycles. The minimum Gasteiger partial charge on any atom is -0.478 e. The Labute approximate surface area is 95.2 Å². The van der Waals surface area contributed by atoms with Gasteiger partial charge in [0.25, 0.3) is 0 Å². The standard InChI is InChI=1S/C14H14O2/c1-3-12(4-2)13(14(15)16)10-11-8-6-5-7-9-11/h3-9H,1-2,10H2,(H,15,16). The summed E-state index contributed by atoms with van der Waals surface area (Å²) in [5.74, 6) is -0.932. The van der Waals surface area contributed by atoms with Gasteiger partial charge in [-0.3, -0.25) is 0 Å². The van der Waals surface area contributed by atoms with Gasteiger partial charge in [0.15, 0.2) is 0 Å². The highest BCUT2D eigenvalue weighted by Crippen LogP contribution is 2.14. The number of aliphatic carboxylic acids is 1. The molecule has 82 valence electrons. The van der Waals surface area contributed by atoms with Gasteiger partial charge in [0.05, 0.1) is 0 Å². The first-order chi connectivity index (χ1) is 7.69. The van der Waals surface area contributed by atoms with Crippen molar-refractivity contribution in [1.29, 1.82) is 0 Å². The van der Waals surface area contributed by atoms with Gasteiger partial charge in [-0.15, -0.1) is 0 Å². The predicted octanol–water partition coefficient (Wildman–Crippen LogP) is 2.98. The summed E-state index contributed by atoms with van der Waals surface area (Å²) in [7, 11) is 0. The third-order valence-corrected chi connectivity index (χ3v) is 2.27. The van der Waals surface area contributed by atoms with Crippen molar-refractivity contribution in [3.8, 4) is 0 Å². The molecule has 0 aromatic heterocycles. The lowest BCUT2D eigenvalue weighted by molar-refractivity contribution is -0.132. The number of carboxylic acids is 1. The molecule has 0 amide bonds. The maximum Gasteiger partial charge on any atom is 0.332 e. The van der Waals surface area contributed by atoms with E-state index < -0.39 is 5.97 Å². The molecule has 0 aliphatic carbocycles. The Hall–Kier alpha value is -2.09. The van der Waals surface area contributed by atoms with E-state index in [0.717, 1.165) is 5.56 Å². The van der Waals surface area contributed by atoms with Gasteiger partial charge in [-0.1, -0.05) is 55.6 Å². The molecular formula is C14H14O2. The summed E-state index contributed by atoms with van der Waals surface area (Å²) in [6.07, 6.45) is 3.41. The number of carbonyl (C=O) groups is 1. The zero-order valence-corrected chi connectivity index (χ0v) is 9.02. The number of hydrogen-bond acceptors (Lipinski definition) is 1. The lowest BCUT2D eigenvalue weighted by atomic mass is 10.00. The number of benzene rings is 1. The highest BCUT2D eigenvalue weighted by Gasteiger charge is 2.11. The first-order valence-corrected chi connectivity index (χ1v) is 4.94. The second-order valence-corrected chi connectivity index (χ2v) is 3.31. The summed E-state index contributed by atoms with van der Waals surface area (Å²) in [6, 6.07) is 9.46. The van der Waals surface area contributed by atoms with E-state index in [4.69, 9.17) is 5.11 Å². The molecule has 0 radical (unpaired) electrons. The average Bonchev–Trinajstić information content (AvgIpc) is 2.30. The first kappa shape index (κ1) is 12.0. The minimum absolute atomic E-state index is 0.316. The van der Waals surface area contributed by atoms with Crippen LogP contribution in [0, 0.1) is 0 Å². The summed E-state index contributed by atoms with van der Waals surface area (Å²) in [6.45, 7) is 7.17. The van der Waals surface area contributed by atoms with Crippen molar-refractivity contribution in [2.45, 2.75) is 6.42 Å². The molecule has 0 atom stereocenters. The molecule has 16 heavy (non-hydrogen) atoms. The Kier molecular flexibility index (Phi) is 4.28. The summed E-state index contributed by atoms with van der Waals surface area (Å²) in [5, 5.41) is 9.11. The fourth-order valence-corrected chi connectivity index (χ4v) is 1.43. The molecule has 0 bridgehead atoms. The molecule has 1 rings (SSSR count). The van der Waals surface area contributed by atoms with Gasteiger partial charge in [-0.25, -0.2) is 4.79 Å². The van der Waals surface area contributed by atoms with Crippen molar-refractivity contribution < 1.29 is 9.90 Å². The second kappa shape index (κ2) is 5.71. The van der Waals surface area contributed by atoms with Crippen LogP contribution in [-0.2, 0) is 11.2 Å². The van der Waals surface area contributed by atoms with Crippen LogP contribution in [0.5, 0.6) is 0 Å². The average molecular weight is 214 g/mol. The van der Waals surface area contributed by atoms with E-state index in [-0.39, 0.29) is 0 Å². The zero-order valence-electron chi connectivity index (χ0n) is 9.02. The molecule has 0 saturated carbocycles. The van der Waals surface area contributed by atoms with Crippen LogP contribution in [0.2, 0.25) is 0 Å². The number of allylic oxidation sites excluding steroid dienone is 3. The zero-order chi connectivity index (χ0) is 12.0. The normalized spacial score (nSPS) is 9.25. The summed E-state index contributed by atoms with van der Waals surface area (Å²) < 4.78 is 0. The van der Waals surface area contributed by atoms with E-state index in [0.29, 0.717) is 17.6 Å². The van der Waals surface area contributed by atoms with Crippen molar-refractivity contribution >= 4 is 5.97 Å². The van der Waals surface area contributed by atoms with E-state index in [1.54, 1.807) is 0 Å². The molecule has 0 saturated heterocycles. The summed E-state index contributed by atoms with van der Waals surface area (Å²) >= 11 is 0. The van der Waals surface area contributed by atoms with Crippen molar-refractivity contribution in [1.82, 2.24) is 0 Å².